The molecule has 0 amide bonds. The second kappa shape index (κ2) is 6.40. The Morgan fingerprint density at radius 2 is 2.00 bits per heavy atom. The Morgan fingerprint density at radius 1 is 1.40 bits per heavy atom. The average Bonchev–Trinajstić information content (AvgIpc) is 2.53. The van der Waals surface area contributed by atoms with Crippen LogP contribution >= 0.6 is 27.6 Å². The van der Waals surface area contributed by atoms with E-state index in [0.29, 0.717) is 0 Å². The van der Waals surface area contributed by atoms with Crippen molar-refractivity contribution in [3.05, 3.63) is 0 Å². The molecule has 0 radical (unpaired) electrons. The van der Waals surface area contributed by atoms with E-state index in [-0.39, 0.29) is 5.94 Å². The predicted octanol–water partition coefficient (Wildman–Crippen LogP) is 1.31. The molecule has 1 fully saturated rings. The van der Waals surface area contributed by atoms with Crippen molar-refractivity contribution in [2.45, 2.75) is 12.8 Å². The molecule has 1 saturated heterocycles. The van der Waals surface area contributed by atoms with E-state index >= 15 is 0 Å². The first kappa shape index (κ1) is 13.7. The molecule has 0 aromatic heterocycles. The molecule has 15 heavy (non-hydrogen) atoms. The van der Waals surface area contributed by atoms with Crippen molar-refractivity contribution in [1.29, 1.82) is 0 Å². The van der Waals surface area contributed by atoms with Gasteiger partial charge < -0.3 is 14.3 Å². The van der Waals surface area contributed by atoms with Gasteiger partial charge in [0.25, 0.3) is 0 Å². The predicted molar refractivity (Wildman–Crippen MR) is 60.3 cm³/mol. The van der Waals surface area contributed by atoms with Gasteiger partial charge in [0.05, 0.1) is 0 Å². The lowest BCUT2D eigenvalue weighted by Crippen LogP contribution is -2.10. The van der Waals surface area contributed by atoms with Gasteiger partial charge in [-0.25, -0.2) is 4.31 Å². The van der Waals surface area contributed by atoms with E-state index in [1.807, 2.05) is 0 Å². The second-order valence-electron chi connectivity index (χ2n) is 3.22. The van der Waals surface area contributed by atoms with Crippen LogP contribution in [0.4, 0.5) is 0 Å². The number of hydrogen-bond acceptors (Lipinski definition) is 5. The molecule has 9 heteroatoms. The van der Waals surface area contributed by atoms with Gasteiger partial charge in [0, 0.05) is 13.1 Å². The fourth-order valence-electron chi connectivity index (χ4n) is 1.20. The standard InChI is InChI=1S/C6H15NO5P2S/c8-13(6-14(9,10)11)12-5-15-7-3-1-2-4-7/h13H,1-6H2,(H2,9,10,11). The normalized spacial score (nSPS) is 20.7. The molecule has 1 heterocycles. The summed E-state index contributed by atoms with van der Waals surface area (Å²) in [6.45, 7) is 1.99. The molecule has 2 N–H and O–H groups in total. The topological polar surface area (TPSA) is 87.1 Å². The maximum absolute atomic E-state index is 11.1. The third-order valence-electron chi connectivity index (χ3n) is 1.86. The van der Waals surface area contributed by atoms with Crippen LogP contribution in [0.2, 0.25) is 0 Å². The van der Waals surface area contributed by atoms with Crippen LogP contribution in [0.3, 0.4) is 0 Å². The van der Waals surface area contributed by atoms with Gasteiger partial charge in [-0.3, -0.25) is 9.13 Å². The van der Waals surface area contributed by atoms with Gasteiger partial charge in [0.1, 0.15) is 11.8 Å². The highest BCUT2D eigenvalue weighted by atomic mass is 32.2. The highest BCUT2D eigenvalue weighted by Crippen LogP contribution is 2.45. The lowest BCUT2D eigenvalue weighted by molar-refractivity contribution is 0.368. The molecule has 90 valence electrons. The van der Waals surface area contributed by atoms with Gasteiger partial charge in [-0.1, -0.05) is 0 Å². The van der Waals surface area contributed by atoms with Gasteiger partial charge in [0.2, 0.25) is 8.03 Å². The maximum atomic E-state index is 11.1. The Labute approximate surface area is 93.5 Å². The summed E-state index contributed by atoms with van der Waals surface area (Å²) < 4.78 is 28.5. The molecule has 0 spiro atoms. The van der Waals surface area contributed by atoms with Crippen LogP contribution in [-0.4, -0.2) is 39.0 Å². The first-order valence-electron chi connectivity index (χ1n) is 4.55. The minimum absolute atomic E-state index is 0.206. The summed E-state index contributed by atoms with van der Waals surface area (Å²) in [4.78, 5) is 17.1. The SMILES string of the molecule is O=[PH](CP(=O)(O)O)OCSN1CCCC1. The van der Waals surface area contributed by atoms with Crippen LogP contribution in [0.1, 0.15) is 12.8 Å². The molecule has 6 nitrogen and oxygen atoms in total. The number of rotatable bonds is 6. The molecule has 1 unspecified atom stereocenters. The Bertz CT molecular complexity index is 264. The number of hydrogen-bond donors (Lipinski definition) is 2. The van der Waals surface area contributed by atoms with E-state index in [1.54, 1.807) is 0 Å². The highest BCUT2D eigenvalue weighted by molar-refractivity contribution is 7.97. The Balaban J connectivity index is 2.09. The van der Waals surface area contributed by atoms with Gasteiger partial charge in [-0.15, -0.1) is 0 Å². The zero-order valence-corrected chi connectivity index (χ0v) is 10.9. The third kappa shape index (κ3) is 6.74. The summed E-state index contributed by atoms with van der Waals surface area (Å²) in [5.41, 5.74) is 0. The largest absolute Gasteiger partial charge is 0.334 e. The van der Waals surface area contributed by atoms with E-state index in [1.165, 1.54) is 11.9 Å². The van der Waals surface area contributed by atoms with E-state index in [4.69, 9.17) is 14.3 Å². The fourth-order valence-corrected chi connectivity index (χ4v) is 4.31. The monoisotopic (exact) mass is 275 g/mol. The quantitative estimate of drug-likeness (QED) is 0.429. The van der Waals surface area contributed by atoms with Crippen LogP contribution < -0.4 is 0 Å². The number of nitrogens with zero attached hydrogens (tertiary/aromatic N) is 1. The van der Waals surface area contributed by atoms with Crippen molar-refractivity contribution in [1.82, 2.24) is 4.31 Å². The van der Waals surface area contributed by atoms with Crippen LogP contribution in [-0.2, 0) is 13.7 Å². The molecule has 1 rings (SSSR count). The van der Waals surface area contributed by atoms with Crippen LogP contribution in [0.5, 0.6) is 0 Å². The van der Waals surface area contributed by atoms with Gasteiger partial charge in [-0.2, -0.15) is 0 Å². The van der Waals surface area contributed by atoms with Crippen LogP contribution in [0, 0.1) is 0 Å². The molecule has 1 aliphatic heterocycles. The van der Waals surface area contributed by atoms with Gasteiger partial charge in [-0.05, 0) is 24.8 Å². The Hall–Kier alpha value is 0.650. The molecular formula is C6H15NO5P2S. The first-order chi connectivity index (χ1) is 6.97. The van der Waals surface area contributed by atoms with Crippen molar-refractivity contribution in [3.8, 4) is 0 Å². The van der Waals surface area contributed by atoms with Crippen molar-refractivity contribution in [2.24, 2.45) is 0 Å². The molecular weight excluding hydrogens is 260 g/mol. The molecule has 0 bridgehead atoms. The lowest BCUT2D eigenvalue weighted by atomic mass is 10.4. The molecule has 1 aliphatic rings. The zero-order valence-electron chi connectivity index (χ0n) is 8.16. The van der Waals surface area contributed by atoms with E-state index in [9.17, 15) is 9.13 Å². The van der Waals surface area contributed by atoms with Crippen molar-refractivity contribution in [3.63, 3.8) is 0 Å². The third-order valence-corrected chi connectivity index (χ3v) is 6.16. The van der Waals surface area contributed by atoms with Crippen molar-refractivity contribution >= 4 is 27.6 Å². The summed E-state index contributed by atoms with van der Waals surface area (Å²) >= 11 is 1.42. The Morgan fingerprint density at radius 3 is 2.53 bits per heavy atom. The molecule has 1 atom stereocenters. The summed E-state index contributed by atoms with van der Waals surface area (Å²) in [5.74, 6) is -0.448. The van der Waals surface area contributed by atoms with E-state index < -0.39 is 21.5 Å². The summed E-state index contributed by atoms with van der Waals surface area (Å²) in [7, 11) is -6.80. The second-order valence-corrected chi connectivity index (χ2v) is 7.86. The van der Waals surface area contributed by atoms with Gasteiger partial charge >= 0.3 is 7.60 Å². The molecule has 0 aromatic rings. The van der Waals surface area contributed by atoms with Crippen molar-refractivity contribution in [2.75, 3.05) is 24.9 Å². The zero-order chi connectivity index (χ0) is 11.3. The lowest BCUT2D eigenvalue weighted by Gasteiger charge is -2.12. The van der Waals surface area contributed by atoms with Crippen LogP contribution in [0.25, 0.3) is 0 Å². The minimum Gasteiger partial charge on any atom is -0.324 e. The fraction of sp³-hybridized carbons (Fsp3) is 1.00. The van der Waals surface area contributed by atoms with E-state index in [0.717, 1.165) is 25.9 Å². The molecule has 0 aromatic carbocycles. The Kier molecular flexibility index (Phi) is 5.85. The summed E-state index contributed by atoms with van der Waals surface area (Å²) in [5, 5.41) is 0. The average molecular weight is 275 g/mol. The van der Waals surface area contributed by atoms with Gasteiger partial charge in [0.15, 0.2) is 0 Å². The maximum Gasteiger partial charge on any atom is 0.334 e. The van der Waals surface area contributed by atoms with Crippen LogP contribution in [0.15, 0.2) is 0 Å². The highest BCUT2D eigenvalue weighted by Gasteiger charge is 2.18. The molecule has 0 saturated carbocycles. The smallest absolute Gasteiger partial charge is 0.324 e. The molecule has 0 aliphatic carbocycles. The summed E-state index contributed by atoms with van der Waals surface area (Å²) in [6, 6.07) is 0. The minimum atomic E-state index is -4.20. The first-order valence-corrected chi connectivity index (χ1v) is 8.82. The van der Waals surface area contributed by atoms with E-state index in [2.05, 4.69) is 4.31 Å². The van der Waals surface area contributed by atoms with Crippen molar-refractivity contribution < 1.29 is 23.4 Å². The summed E-state index contributed by atoms with van der Waals surface area (Å²) in [6.07, 6.45) is 2.31.